The number of ether oxygens (including phenoxy) is 4. The monoisotopic (exact) mass is 855 g/mol. The number of nitrogens with zero attached hydrogens (tertiary/aromatic N) is 1. The van der Waals surface area contributed by atoms with Gasteiger partial charge in [-0.15, -0.1) is 0 Å². The summed E-state index contributed by atoms with van der Waals surface area (Å²) in [6.45, 7) is 4.92. The van der Waals surface area contributed by atoms with Crippen LogP contribution in [-0.2, 0) is 33.3 Å². The Morgan fingerprint density at radius 3 is 1.07 bits per heavy atom. The number of carbonyl (C=O) groups is 3. The van der Waals surface area contributed by atoms with Gasteiger partial charge < -0.3 is 28.5 Å². The highest BCUT2D eigenvalue weighted by atomic mass is 16.7. The number of unbranched alkanes of at least 4 members (excludes halogenated alkanes) is 33. The van der Waals surface area contributed by atoms with Crippen LogP contribution in [0.1, 0.15) is 251 Å². The van der Waals surface area contributed by atoms with Gasteiger partial charge in [0.2, 0.25) is 0 Å². The molecule has 9 heteroatoms. The van der Waals surface area contributed by atoms with Crippen LogP contribution in [0.5, 0.6) is 0 Å². The van der Waals surface area contributed by atoms with Crippen LogP contribution >= 0.6 is 0 Å². The normalized spacial score (nSPS) is 12.8. The van der Waals surface area contributed by atoms with Gasteiger partial charge in [-0.2, -0.15) is 0 Å². The van der Waals surface area contributed by atoms with E-state index in [2.05, 4.69) is 13.8 Å². The molecule has 0 spiro atoms. The number of esters is 2. The van der Waals surface area contributed by atoms with Gasteiger partial charge in [-0.3, -0.25) is 9.59 Å². The lowest BCUT2D eigenvalue weighted by Gasteiger charge is -2.25. The number of quaternary nitrogens is 1. The summed E-state index contributed by atoms with van der Waals surface area (Å²) in [5.41, 5.74) is 0. The molecule has 0 amide bonds. The number of aliphatic carboxylic acids is 1. The smallest absolute Gasteiger partial charge is 0.361 e. The van der Waals surface area contributed by atoms with Crippen molar-refractivity contribution in [1.29, 1.82) is 0 Å². The molecule has 2 unspecified atom stereocenters. The number of hydrogen-bond donors (Lipinski definition) is 1. The Morgan fingerprint density at radius 1 is 0.433 bits per heavy atom. The summed E-state index contributed by atoms with van der Waals surface area (Å²) in [4.78, 5) is 37.2. The second-order valence-electron chi connectivity index (χ2n) is 18.9. The van der Waals surface area contributed by atoms with Crippen molar-refractivity contribution in [2.45, 2.75) is 264 Å². The molecule has 0 aliphatic rings. The molecule has 0 aliphatic carbocycles. The highest BCUT2D eigenvalue weighted by molar-refractivity contribution is 5.71. The van der Waals surface area contributed by atoms with Crippen molar-refractivity contribution in [3.05, 3.63) is 0 Å². The van der Waals surface area contributed by atoms with E-state index >= 15 is 0 Å². The fraction of sp³-hybridized carbons (Fsp3) is 0.941. The second-order valence-corrected chi connectivity index (χ2v) is 18.9. The molecule has 0 rings (SSSR count). The van der Waals surface area contributed by atoms with Crippen LogP contribution in [0.4, 0.5) is 0 Å². The quantitative estimate of drug-likeness (QED) is 0.0279. The molecule has 1 N–H and O–H groups in total. The highest BCUT2D eigenvalue weighted by Crippen LogP contribution is 2.17. The maximum Gasteiger partial charge on any atom is 0.361 e. The number of hydrogen-bond acceptors (Lipinski definition) is 7. The molecule has 2 atom stereocenters. The van der Waals surface area contributed by atoms with Crippen molar-refractivity contribution in [1.82, 2.24) is 0 Å². The van der Waals surface area contributed by atoms with E-state index in [9.17, 15) is 19.5 Å². The molecule has 0 heterocycles. The van der Waals surface area contributed by atoms with E-state index in [1.54, 1.807) is 0 Å². The third-order valence-electron chi connectivity index (χ3n) is 11.6. The minimum Gasteiger partial charge on any atom is -0.477 e. The summed E-state index contributed by atoms with van der Waals surface area (Å²) in [7, 11) is 5.97. The molecule has 356 valence electrons. The third-order valence-corrected chi connectivity index (χ3v) is 11.6. The van der Waals surface area contributed by atoms with Crippen molar-refractivity contribution >= 4 is 17.9 Å². The fourth-order valence-electron chi connectivity index (χ4n) is 7.60. The zero-order valence-corrected chi connectivity index (χ0v) is 40.4. The first-order valence-corrected chi connectivity index (χ1v) is 25.7. The Morgan fingerprint density at radius 2 is 0.750 bits per heavy atom. The maximum atomic E-state index is 12.8. The SMILES string of the molecule is CCCCCCCCCCCCCCCCCCCCCCCC(=O)OC(COC(=O)CCCCCCCCCCCCCCCC)COC(OCC[N+](C)(C)C)C(=O)O. The maximum absolute atomic E-state index is 12.8. The molecule has 0 aromatic carbocycles. The fourth-order valence-corrected chi connectivity index (χ4v) is 7.60. The van der Waals surface area contributed by atoms with E-state index in [-0.39, 0.29) is 38.2 Å². The van der Waals surface area contributed by atoms with E-state index in [0.29, 0.717) is 17.4 Å². The van der Waals surface area contributed by atoms with Crippen molar-refractivity contribution in [2.24, 2.45) is 0 Å². The van der Waals surface area contributed by atoms with E-state index in [1.165, 1.54) is 186 Å². The van der Waals surface area contributed by atoms with E-state index in [1.807, 2.05) is 21.1 Å². The molecular weight excluding hydrogens is 755 g/mol. The van der Waals surface area contributed by atoms with Crippen molar-refractivity contribution < 1.29 is 42.9 Å². The lowest BCUT2D eigenvalue weighted by molar-refractivity contribution is -0.870. The first kappa shape index (κ1) is 58.3. The number of likely N-dealkylation sites (N-methyl/N-ethyl adjacent to an activating group) is 1. The standard InChI is InChI=1S/C51H99NO8/c1-6-8-10-12-14-16-18-20-22-23-24-25-26-27-28-30-32-34-36-38-40-42-49(54)60-47(46-59-51(50(55)56)57-44-43-52(3,4)5)45-58-48(53)41-39-37-35-33-31-29-21-19-17-15-13-11-9-7-2/h47,51H,6-46H2,1-5H3/p+1. The van der Waals surface area contributed by atoms with Crippen molar-refractivity contribution in [2.75, 3.05) is 47.5 Å². The molecule has 0 aliphatic heterocycles. The Kier molecular flexibility index (Phi) is 42.7. The number of carboxylic acid groups (broad SMARTS) is 1. The Bertz CT molecular complexity index is 954. The Labute approximate surface area is 371 Å². The predicted molar refractivity (Wildman–Crippen MR) is 249 cm³/mol. The van der Waals surface area contributed by atoms with E-state index < -0.39 is 18.4 Å². The minimum atomic E-state index is -1.50. The van der Waals surface area contributed by atoms with Gasteiger partial charge in [-0.05, 0) is 12.8 Å². The summed E-state index contributed by atoms with van der Waals surface area (Å²) in [5, 5.41) is 9.66. The predicted octanol–water partition coefficient (Wildman–Crippen LogP) is 14.1. The van der Waals surface area contributed by atoms with Gasteiger partial charge >= 0.3 is 17.9 Å². The van der Waals surface area contributed by atoms with Gasteiger partial charge in [0.05, 0.1) is 34.4 Å². The van der Waals surface area contributed by atoms with Gasteiger partial charge in [-0.25, -0.2) is 4.79 Å². The van der Waals surface area contributed by atoms with Crippen LogP contribution in [-0.4, -0.2) is 87.4 Å². The van der Waals surface area contributed by atoms with Crippen LogP contribution < -0.4 is 0 Å². The lowest BCUT2D eigenvalue weighted by Crippen LogP contribution is -2.40. The van der Waals surface area contributed by atoms with Gasteiger partial charge in [0.15, 0.2) is 6.10 Å². The first-order chi connectivity index (χ1) is 29.1. The number of carbonyl (C=O) groups excluding carboxylic acids is 2. The largest absolute Gasteiger partial charge is 0.477 e. The summed E-state index contributed by atoms with van der Waals surface area (Å²) in [6, 6.07) is 0. The highest BCUT2D eigenvalue weighted by Gasteiger charge is 2.25. The van der Waals surface area contributed by atoms with Gasteiger partial charge in [0, 0.05) is 12.8 Å². The third kappa shape index (κ3) is 44.3. The van der Waals surface area contributed by atoms with Crippen molar-refractivity contribution in [3.63, 3.8) is 0 Å². The number of rotatable bonds is 48. The molecule has 0 fully saturated rings. The number of carboxylic acids is 1. The summed E-state index contributed by atoms with van der Waals surface area (Å²) in [5.74, 6) is -1.98. The molecule has 0 saturated carbocycles. The van der Waals surface area contributed by atoms with Crippen LogP contribution in [0.25, 0.3) is 0 Å². The van der Waals surface area contributed by atoms with E-state index in [0.717, 1.165) is 38.5 Å². The second kappa shape index (κ2) is 43.9. The topological polar surface area (TPSA) is 108 Å². The average Bonchev–Trinajstić information content (AvgIpc) is 3.21. The van der Waals surface area contributed by atoms with E-state index in [4.69, 9.17) is 18.9 Å². The Hall–Kier alpha value is -1.71. The van der Waals surface area contributed by atoms with Crippen LogP contribution in [0.2, 0.25) is 0 Å². The molecule has 0 radical (unpaired) electrons. The molecule has 60 heavy (non-hydrogen) atoms. The van der Waals surface area contributed by atoms with Gasteiger partial charge in [0.1, 0.15) is 13.2 Å². The molecule has 0 saturated heterocycles. The zero-order chi connectivity index (χ0) is 44.2. The lowest BCUT2D eigenvalue weighted by atomic mass is 10.0. The van der Waals surface area contributed by atoms with Crippen molar-refractivity contribution in [3.8, 4) is 0 Å². The summed E-state index contributed by atoms with van der Waals surface area (Å²) >= 11 is 0. The minimum absolute atomic E-state index is 0.173. The summed E-state index contributed by atoms with van der Waals surface area (Å²) in [6.07, 6.45) is 43.0. The summed E-state index contributed by atoms with van der Waals surface area (Å²) < 4.78 is 22.8. The van der Waals surface area contributed by atoms with Crippen LogP contribution in [0.3, 0.4) is 0 Å². The van der Waals surface area contributed by atoms with Crippen LogP contribution in [0, 0.1) is 0 Å². The Balaban J connectivity index is 4.27. The zero-order valence-electron chi connectivity index (χ0n) is 40.4. The van der Waals surface area contributed by atoms with Gasteiger partial charge in [-0.1, -0.05) is 226 Å². The average molecular weight is 855 g/mol. The molecule has 0 aromatic rings. The molecule has 9 nitrogen and oxygen atoms in total. The molecule has 0 bridgehead atoms. The molecular formula is C51H100NO8+. The first-order valence-electron chi connectivity index (χ1n) is 25.7. The van der Waals surface area contributed by atoms with Gasteiger partial charge in [0.25, 0.3) is 6.29 Å². The molecule has 0 aromatic heterocycles. The van der Waals surface area contributed by atoms with Crippen LogP contribution in [0.15, 0.2) is 0 Å².